The van der Waals surface area contributed by atoms with Crippen LogP contribution in [0.2, 0.25) is 0 Å². The average molecular weight is 349 g/mol. The lowest BCUT2D eigenvalue weighted by molar-refractivity contribution is 0.0470. The molecule has 5 nitrogen and oxygen atoms in total. The Morgan fingerprint density at radius 3 is 2.69 bits per heavy atom. The highest BCUT2D eigenvalue weighted by molar-refractivity contribution is 5.89. The molecule has 0 fully saturated rings. The van der Waals surface area contributed by atoms with Crippen molar-refractivity contribution in [1.29, 1.82) is 0 Å². The van der Waals surface area contributed by atoms with Crippen molar-refractivity contribution in [3.05, 3.63) is 89.7 Å². The number of hydrogen-bond donors (Lipinski definition) is 0. The first-order valence-corrected chi connectivity index (χ1v) is 8.17. The minimum Gasteiger partial charge on any atom is -0.457 e. The number of carbonyl (C=O) groups excluding carboxylic acids is 1. The highest BCUT2D eigenvalue weighted by Crippen LogP contribution is 2.25. The third kappa shape index (κ3) is 4.68. The fourth-order valence-electron chi connectivity index (χ4n) is 2.44. The number of esters is 1. The standard InChI is InChI=1S/C21H19NO4/c1-24-14-16-6-4-8-17(12-16)21(23)25-15-18-7-2-3-10-20(18)26-19-9-5-11-22-13-19/h2-13H,14-15H2,1H3. The Kier molecular flexibility index (Phi) is 5.96. The van der Waals surface area contributed by atoms with E-state index in [1.165, 1.54) is 0 Å². The van der Waals surface area contributed by atoms with Gasteiger partial charge in [0, 0.05) is 18.9 Å². The lowest BCUT2D eigenvalue weighted by Gasteiger charge is -2.11. The van der Waals surface area contributed by atoms with Crippen LogP contribution in [0.25, 0.3) is 0 Å². The van der Waals surface area contributed by atoms with Gasteiger partial charge in [0.2, 0.25) is 0 Å². The predicted octanol–water partition coefficient (Wildman–Crippen LogP) is 4.38. The van der Waals surface area contributed by atoms with Crippen molar-refractivity contribution >= 4 is 5.97 Å². The van der Waals surface area contributed by atoms with Gasteiger partial charge in [-0.2, -0.15) is 0 Å². The predicted molar refractivity (Wildman–Crippen MR) is 97.0 cm³/mol. The number of nitrogens with zero attached hydrogens (tertiary/aromatic N) is 1. The molecular formula is C21H19NO4. The summed E-state index contributed by atoms with van der Waals surface area (Å²) in [7, 11) is 1.62. The van der Waals surface area contributed by atoms with Gasteiger partial charge >= 0.3 is 5.97 Å². The number of rotatable bonds is 7. The SMILES string of the molecule is COCc1cccc(C(=O)OCc2ccccc2Oc2cccnc2)c1. The van der Waals surface area contributed by atoms with Crippen LogP contribution < -0.4 is 4.74 Å². The van der Waals surface area contributed by atoms with Crippen LogP contribution in [-0.4, -0.2) is 18.1 Å². The molecule has 0 amide bonds. The molecule has 0 saturated carbocycles. The first-order chi connectivity index (χ1) is 12.8. The van der Waals surface area contributed by atoms with E-state index in [9.17, 15) is 4.79 Å². The summed E-state index contributed by atoms with van der Waals surface area (Å²) >= 11 is 0. The summed E-state index contributed by atoms with van der Waals surface area (Å²) in [5.74, 6) is 0.860. The lowest BCUT2D eigenvalue weighted by Crippen LogP contribution is -2.06. The van der Waals surface area contributed by atoms with Gasteiger partial charge in [-0.05, 0) is 35.9 Å². The highest BCUT2D eigenvalue weighted by Gasteiger charge is 2.11. The quantitative estimate of drug-likeness (QED) is 0.593. The Bertz CT molecular complexity index is 865. The zero-order valence-corrected chi connectivity index (χ0v) is 14.4. The summed E-state index contributed by atoms with van der Waals surface area (Å²) in [6.07, 6.45) is 3.31. The number of hydrogen-bond acceptors (Lipinski definition) is 5. The third-order valence-corrected chi connectivity index (χ3v) is 3.67. The molecule has 2 aromatic carbocycles. The van der Waals surface area contributed by atoms with Crippen molar-refractivity contribution in [2.75, 3.05) is 7.11 Å². The third-order valence-electron chi connectivity index (χ3n) is 3.67. The Hall–Kier alpha value is -3.18. The molecule has 0 bridgehead atoms. The van der Waals surface area contributed by atoms with E-state index in [-0.39, 0.29) is 12.6 Å². The summed E-state index contributed by atoms with van der Waals surface area (Å²) < 4.78 is 16.4. The van der Waals surface area contributed by atoms with Crippen molar-refractivity contribution in [1.82, 2.24) is 4.98 Å². The maximum atomic E-state index is 12.3. The van der Waals surface area contributed by atoms with E-state index in [1.54, 1.807) is 37.7 Å². The minimum atomic E-state index is -0.390. The maximum Gasteiger partial charge on any atom is 0.338 e. The number of carbonyl (C=O) groups is 1. The normalized spacial score (nSPS) is 10.3. The van der Waals surface area contributed by atoms with E-state index in [4.69, 9.17) is 14.2 Å². The lowest BCUT2D eigenvalue weighted by atomic mass is 10.1. The monoisotopic (exact) mass is 349 g/mol. The molecule has 0 saturated heterocycles. The van der Waals surface area contributed by atoms with Crippen LogP contribution in [0.4, 0.5) is 0 Å². The van der Waals surface area contributed by atoms with Gasteiger partial charge in [0.1, 0.15) is 18.1 Å². The zero-order valence-electron chi connectivity index (χ0n) is 14.4. The van der Waals surface area contributed by atoms with Gasteiger partial charge in [-0.15, -0.1) is 0 Å². The number of methoxy groups -OCH3 is 1. The summed E-state index contributed by atoms with van der Waals surface area (Å²) in [5.41, 5.74) is 2.19. The fraction of sp³-hybridized carbons (Fsp3) is 0.143. The number of aromatic nitrogens is 1. The van der Waals surface area contributed by atoms with E-state index in [0.29, 0.717) is 23.7 Å². The molecule has 3 rings (SSSR count). The van der Waals surface area contributed by atoms with Crippen LogP contribution in [-0.2, 0) is 22.7 Å². The molecule has 3 aromatic rings. The average Bonchev–Trinajstić information content (AvgIpc) is 2.68. The zero-order chi connectivity index (χ0) is 18.2. The van der Waals surface area contributed by atoms with Gasteiger partial charge in [-0.1, -0.05) is 30.3 Å². The fourth-order valence-corrected chi connectivity index (χ4v) is 2.44. The van der Waals surface area contributed by atoms with Gasteiger partial charge in [0.15, 0.2) is 0 Å². The van der Waals surface area contributed by atoms with Crippen LogP contribution >= 0.6 is 0 Å². The van der Waals surface area contributed by atoms with Crippen molar-refractivity contribution in [3.8, 4) is 11.5 Å². The molecule has 0 aliphatic carbocycles. The van der Waals surface area contributed by atoms with Crippen molar-refractivity contribution in [2.45, 2.75) is 13.2 Å². The van der Waals surface area contributed by atoms with Crippen LogP contribution in [0.5, 0.6) is 11.5 Å². The first kappa shape index (κ1) is 17.6. The molecule has 0 radical (unpaired) electrons. The van der Waals surface area contributed by atoms with Crippen LogP contribution in [0.3, 0.4) is 0 Å². The second-order valence-corrected chi connectivity index (χ2v) is 5.61. The van der Waals surface area contributed by atoms with Gasteiger partial charge in [0.25, 0.3) is 0 Å². The Morgan fingerprint density at radius 2 is 1.88 bits per heavy atom. The summed E-state index contributed by atoms with van der Waals surface area (Å²) in [6.45, 7) is 0.562. The van der Waals surface area contributed by atoms with Crippen LogP contribution in [0.15, 0.2) is 73.1 Å². The Labute approximate surface area is 152 Å². The Balaban J connectivity index is 1.68. The van der Waals surface area contributed by atoms with E-state index >= 15 is 0 Å². The summed E-state index contributed by atoms with van der Waals surface area (Å²) in [6, 6.07) is 18.2. The number of benzene rings is 2. The molecule has 26 heavy (non-hydrogen) atoms. The molecule has 132 valence electrons. The van der Waals surface area contributed by atoms with Gasteiger partial charge < -0.3 is 14.2 Å². The van der Waals surface area contributed by atoms with E-state index in [1.807, 2.05) is 42.5 Å². The smallest absolute Gasteiger partial charge is 0.338 e. The minimum absolute atomic E-state index is 0.115. The molecule has 0 N–H and O–H groups in total. The van der Waals surface area contributed by atoms with Gasteiger partial charge in [-0.3, -0.25) is 4.98 Å². The number of para-hydroxylation sites is 1. The maximum absolute atomic E-state index is 12.3. The van der Waals surface area contributed by atoms with E-state index < -0.39 is 0 Å². The molecule has 0 atom stereocenters. The number of pyridine rings is 1. The number of ether oxygens (including phenoxy) is 3. The van der Waals surface area contributed by atoms with E-state index in [0.717, 1.165) is 11.1 Å². The van der Waals surface area contributed by atoms with Crippen LogP contribution in [0.1, 0.15) is 21.5 Å². The molecule has 0 spiro atoms. The molecule has 5 heteroatoms. The molecule has 0 aliphatic heterocycles. The molecule has 1 aromatic heterocycles. The van der Waals surface area contributed by atoms with Gasteiger partial charge in [-0.25, -0.2) is 4.79 Å². The molecule has 1 heterocycles. The topological polar surface area (TPSA) is 57.7 Å². The second-order valence-electron chi connectivity index (χ2n) is 5.61. The van der Waals surface area contributed by atoms with Crippen molar-refractivity contribution < 1.29 is 19.0 Å². The highest BCUT2D eigenvalue weighted by atomic mass is 16.5. The molecular weight excluding hydrogens is 330 g/mol. The summed E-state index contributed by atoms with van der Waals surface area (Å²) in [4.78, 5) is 16.4. The van der Waals surface area contributed by atoms with Crippen molar-refractivity contribution in [3.63, 3.8) is 0 Å². The summed E-state index contributed by atoms with van der Waals surface area (Å²) in [5, 5.41) is 0. The Morgan fingerprint density at radius 1 is 1.00 bits per heavy atom. The van der Waals surface area contributed by atoms with Crippen LogP contribution in [0, 0.1) is 0 Å². The van der Waals surface area contributed by atoms with Crippen molar-refractivity contribution in [2.24, 2.45) is 0 Å². The first-order valence-electron chi connectivity index (χ1n) is 8.17. The second kappa shape index (κ2) is 8.78. The van der Waals surface area contributed by atoms with E-state index in [2.05, 4.69) is 4.98 Å². The molecule has 0 aliphatic rings. The van der Waals surface area contributed by atoms with Gasteiger partial charge in [0.05, 0.1) is 18.4 Å². The largest absolute Gasteiger partial charge is 0.457 e. The molecule has 0 unspecified atom stereocenters.